The summed E-state index contributed by atoms with van der Waals surface area (Å²) in [6.45, 7) is 4.94. The zero-order chi connectivity index (χ0) is 21.4. The molecule has 5 N–H and O–H groups in total. The van der Waals surface area contributed by atoms with Crippen LogP contribution in [0.15, 0.2) is 36.5 Å². The molecular weight excluding hydrogens is 390 g/mol. The Balaban J connectivity index is 1.33. The van der Waals surface area contributed by atoms with Crippen molar-refractivity contribution < 1.29 is 4.79 Å². The molecule has 0 spiro atoms. The molecule has 3 aromatic rings. The zero-order valence-electron chi connectivity index (χ0n) is 17.9. The van der Waals surface area contributed by atoms with Gasteiger partial charge >= 0.3 is 0 Å². The summed E-state index contributed by atoms with van der Waals surface area (Å²) in [7, 11) is 0. The van der Waals surface area contributed by atoms with E-state index in [0.29, 0.717) is 29.4 Å². The summed E-state index contributed by atoms with van der Waals surface area (Å²) in [4.78, 5) is 24.9. The molecule has 1 saturated carbocycles. The maximum Gasteiger partial charge on any atom is 0.251 e. The fraction of sp³-hybridized carbons (Fsp3) is 0.435. The Morgan fingerprint density at radius 1 is 1.19 bits per heavy atom. The van der Waals surface area contributed by atoms with Gasteiger partial charge in [0.2, 0.25) is 0 Å². The summed E-state index contributed by atoms with van der Waals surface area (Å²) in [5.74, 6) is 2.09. The van der Waals surface area contributed by atoms with Crippen LogP contribution < -0.4 is 21.5 Å². The average molecular weight is 420 g/mol. The minimum Gasteiger partial charge on any atom is -0.367 e. The second-order valence-electron chi connectivity index (χ2n) is 8.92. The lowest BCUT2D eigenvalue weighted by atomic mass is 9.83. The molecule has 5 rings (SSSR count). The number of anilines is 1. The van der Waals surface area contributed by atoms with Crippen LogP contribution in [0.25, 0.3) is 22.4 Å². The van der Waals surface area contributed by atoms with Crippen LogP contribution in [0, 0.1) is 5.92 Å². The fourth-order valence-electron chi connectivity index (χ4n) is 4.64. The summed E-state index contributed by atoms with van der Waals surface area (Å²) in [5, 5.41) is 7.56. The lowest BCUT2D eigenvalue weighted by Crippen LogP contribution is -2.39. The van der Waals surface area contributed by atoms with Gasteiger partial charge in [-0.15, -0.1) is 0 Å². The molecule has 1 amide bonds. The van der Waals surface area contributed by atoms with Crippen molar-refractivity contribution in [1.29, 1.82) is 0 Å². The van der Waals surface area contributed by atoms with Crippen molar-refractivity contribution in [3.8, 4) is 11.5 Å². The van der Waals surface area contributed by atoms with Gasteiger partial charge in [-0.1, -0.05) is 6.07 Å². The molecule has 2 aromatic heterocycles. The lowest BCUT2D eigenvalue weighted by Gasteiger charge is -2.31. The van der Waals surface area contributed by atoms with Crippen LogP contribution in [0.3, 0.4) is 0 Å². The van der Waals surface area contributed by atoms with Crippen LogP contribution in [0.1, 0.15) is 43.5 Å². The number of benzene rings is 1. The van der Waals surface area contributed by atoms with E-state index in [1.165, 1.54) is 6.42 Å². The van der Waals surface area contributed by atoms with E-state index in [9.17, 15) is 4.79 Å². The number of fused-ring (bicyclic) bond motifs is 2. The van der Waals surface area contributed by atoms with Gasteiger partial charge in [0.1, 0.15) is 5.82 Å². The third-order valence-electron chi connectivity index (χ3n) is 6.19. The summed E-state index contributed by atoms with van der Waals surface area (Å²) >= 11 is 0. The number of rotatable bonds is 5. The van der Waals surface area contributed by atoms with Crippen molar-refractivity contribution in [2.45, 2.75) is 51.2 Å². The fourth-order valence-corrected chi connectivity index (χ4v) is 4.64. The maximum atomic E-state index is 12.3. The molecule has 1 aromatic carbocycles. The number of aromatic amines is 1. The quantitative estimate of drug-likeness (QED) is 0.435. The number of nitrogens with zero attached hydrogens (tertiary/aromatic N) is 2. The van der Waals surface area contributed by atoms with Crippen molar-refractivity contribution in [2.75, 3.05) is 11.9 Å². The third kappa shape index (κ3) is 4.26. The number of carbonyl (C=O) groups is 1. The molecule has 3 unspecified atom stereocenters. The number of carbonyl (C=O) groups excluding carboxylic acids is 1. The molecule has 1 saturated heterocycles. The third-order valence-corrected chi connectivity index (χ3v) is 6.19. The summed E-state index contributed by atoms with van der Waals surface area (Å²) in [6.07, 6.45) is 5.23. The first-order valence-electron chi connectivity index (χ1n) is 11.1. The summed E-state index contributed by atoms with van der Waals surface area (Å²) in [6, 6.07) is 10.8. The van der Waals surface area contributed by atoms with E-state index in [0.717, 1.165) is 41.8 Å². The van der Waals surface area contributed by atoms with Gasteiger partial charge < -0.3 is 15.6 Å². The van der Waals surface area contributed by atoms with E-state index in [-0.39, 0.29) is 11.9 Å². The minimum absolute atomic E-state index is 0.0714. The minimum atomic E-state index is -0.0714. The smallest absolute Gasteiger partial charge is 0.251 e. The van der Waals surface area contributed by atoms with Crippen LogP contribution in [-0.4, -0.2) is 45.5 Å². The topological polar surface area (TPSA) is 107 Å². The van der Waals surface area contributed by atoms with Crippen molar-refractivity contribution in [2.24, 2.45) is 5.92 Å². The van der Waals surface area contributed by atoms with Crippen molar-refractivity contribution in [1.82, 2.24) is 31.1 Å². The predicted molar refractivity (Wildman–Crippen MR) is 122 cm³/mol. The second-order valence-corrected chi connectivity index (χ2v) is 8.92. The highest BCUT2D eigenvalue weighted by atomic mass is 16.1. The molecule has 31 heavy (non-hydrogen) atoms. The number of nitrogens with one attached hydrogen (secondary N) is 5. The molecule has 0 radical (unpaired) electrons. The number of hydrogen-bond donors (Lipinski definition) is 5. The standard InChI is InChI=1S/C23H29N7O/c1-13(2)26-23(31)15-4-3-14-10-20(28-19(14)11-15)22-24-8-7-21(29-22)27-17-5-6-18-16(9-17)12-25-30-18/h3-4,7-8,10-11,13,16-18,25,28,30H,5-6,9,12H2,1-2H3,(H,26,31)(H,24,27,29). The number of hydrogen-bond acceptors (Lipinski definition) is 6. The molecule has 8 heteroatoms. The second kappa shape index (κ2) is 8.28. The number of amides is 1. The highest BCUT2D eigenvalue weighted by Crippen LogP contribution is 2.29. The predicted octanol–water partition coefficient (Wildman–Crippen LogP) is 2.82. The van der Waals surface area contributed by atoms with Crippen molar-refractivity contribution >= 4 is 22.6 Å². The lowest BCUT2D eigenvalue weighted by molar-refractivity contribution is 0.0943. The Kier molecular flexibility index (Phi) is 5.33. The average Bonchev–Trinajstić information content (AvgIpc) is 3.39. The van der Waals surface area contributed by atoms with Crippen LogP contribution in [0.4, 0.5) is 5.82 Å². The maximum absolute atomic E-state index is 12.3. The molecular formula is C23H29N7O. The number of H-pyrrole nitrogens is 1. The first-order valence-corrected chi connectivity index (χ1v) is 11.1. The number of aromatic nitrogens is 3. The Morgan fingerprint density at radius 3 is 2.97 bits per heavy atom. The zero-order valence-corrected chi connectivity index (χ0v) is 17.9. The first kappa shape index (κ1) is 20.0. The largest absolute Gasteiger partial charge is 0.367 e. The molecule has 0 bridgehead atoms. The van der Waals surface area contributed by atoms with E-state index >= 15 is 0 Å². The molecule has 3 atom stereocenters. The highest BCUT2D eigenvalue weighted by Gasteiger charge is 2.33. The first-order chi connectivity index (χ1) is 15.0. The van der Waals surface area contributed by atoms with Gasteiger partial charge in [-0.3, -0.25) is 15.6 Å². The van der Waals surface area contributed by atoms with Crippen LogP contribution in [0.5, 0.6) is 0 Å². The monoisotopic (exact) mass is 419 g/mol. The summed E-state index contributed by atoms with van der Waals surface area (Å²) in [5.41, 5.74) is 9.03. The molecule has 1 aliphatic carbocycles. The van der Waals surface area contributed by atoms with Crippen molar-refractivity contribution in [3.63, 3.8) is 0 Å². The molecule has 8 nitrogen and oxygen atoms in total. The van der Waals surface area contributed by atoms with Crippen LogP contribution in [0.2, 0.25) is 0 Å². The van der Waals surface area contributed by atoms with Gasteiger partial charge in [0.25, 0.3) is 5.91 Å². The highest BCUT2D eigenvalue weighted by molar-refractivity contribution is 5.98. The molecule has 3 heterocycles. The van der Waals surface area contributed by atoms with Gasteiger partial charge in [0, 0.05) is 47.3 Å². The Hall–Kier alpha value is -2.97. The molecule has 162 valence electrons. The SMILES string of the molecule is CC(C)NC(=O)c1ccc2cc(-c3nccc(NC4CCC5NNCC5C4)n3)[nH]c2c1. The normalized spacial score (nSPS) is 23.1. The van der Waals surface area contributed by atoms with E-state index in [1.54, 1.807) is 6.20 Å². The van der Waals surface area contributed by atoms with E-state index in [2.05, 4.69) is 31.5 Å². The number of hydrazine groups is 1. The van der Waals surface area contributed by atoms with Gasteiger partial charge in [0.05, 0.1) is 5.69 Å². The van der Waals surface area contributed by atoms with Crippen LogP contribution in [-0.2, 0) is 0 Å². The Bertz CT molecular complexity index is 1090. The molecule has 2 fully saturated rings. The molecule has 1 aliphatic heterocycles. The van der Waals surface area contributed by atoms with Crippen LogP contribution >= 0.6 is 0 Å². The summed E-state index contributed by atoms with van der Waals surface area (Å²) < 4.78 is 0. The Labute approximate surface area is 181 Å². The van der Waals surface area contributed by atoms with E-state index in [4.69, 9.17) is 4.98 Å². The van der Waals surface area contributed by atoms with E-state index < -0.39 is 0 Å². The van der Waals surface area contributed by atoms with Gasteiger partial charge in [0.15, 0.2) is 5.82 Å². The van der Waals surface area contributed by atoms with E-state index in [1.807, 2.05) is 44.2 Å². The van der Waals surface area contributed by atoms with Gasteiger partial charge in [-0.05, 0) is 63.3 Å². The molecule has 2 aliphatic rings. The Morgan fingerprint density at radius 2 is 2.10 bits per heavy atom. The van der Waals surface area contributed by atoms with Gasteiger partial charge in [-0.2, -0.15) is 0 Å². The van der Waals surface area contributed by atoms with Gasteiger partial charge in [-0.25, -0.2) is 9.97 Å². The van der Waals surface area contributed by atoms with Crippen molar-refractivity contribution in [3.05, 3.63) is 42.1 Å².